The van der Waals surface area contributed by atoms with E-state index in [2.05, 4.69) is 49.0 Å². The van der Waals surface area contributed by atoms with E-state index in [1.807, 2.05) is 11.0 Å². The van der Waals surface area contributed by atoms with Crippen molar-refractivity contribution < 1.29 is 14.0 Å². The second-order valence-electron chi connectivity index (χ2n) is 9.25. The molecule has 6 nitrogen and oxygen atoms in total. The molecule has 1 aliphatic heterocycles. The molecule has 1 fully saturated rings. The summed E-state index contributed by atoms with van der Waals surface area (Å²) >= 11 is 0. The normalized spacial score (nSPS) is 15.4. The van der Waals surface area contributed by atoms with Gasteiger partial charge in [0.25, 0.3) is 0 Å². The molecule has 162 valence electrons. The molecule has 1 aliphatic rings. The summed E-state index contributed by atoms with van der Waals surface area (Å²) in [4.78, 5) is 10.9. The van der Waals surface area contributed by atoms with Crippen molar-refractivity contribution in [3.8, 4) is 11.1 Å². The van der Waals surface area contributed by atoms with Crippen molar-refractivity contribution in [2.45, 2.75) is 58.4 Å². The van der Waals surface area contributed by atoms with Crippen LogP contribution in [0.3, 0.4) is 0 Å². The molecule has 0 aliphatic carbocycles. The van der Waals surface area contributed by atoms with Gasteiger partial charge in [0, 0.05) is 55.0 Å². The second kappa shape index (κ2) is 8.81. The summed E-state index contributed by atoms with van der Waals surface area (Å²) in [5.74, 6) is 0.322. The third-order valence-corrected chi connectivity index (χ3v) is 10.7. The van der Waals surface area contributed by atoms with E-state index < -0.39 is 8.32 Å². The summed E-state index contributed by atoms with van der Waals surface area (Å²) < 4.78 is 21.4. The Kier molecular flexibility index (Phi) is 6.57. The molecule has 30 heavy (non-hydrogen) atoms. The molecule has 0 amide bonds. The van der Waals surface area contributed by atoms with E-state index in [0.29, 0.717) is 48.6 Å². The van der Waals surface area contributed by atoms with Crippen LogP contribution in [0.15, 0.2) is 35.7 Å². The molecule has 8 heteroatoms. The summed E-state index contributed by atoms with van der Waals surface area (Å²) in [6, 6.07) is 5.36. The van der Waals surface area contributed by atoms with Crippen molar-refractivity contribution in [3.05, 3.63) is 42.0 Å². The predicted molar refractivity (Wildman–Crippen MR) is 120 cm³/mol. The lowest BCUT2D eigenvalue weighted by molar-refractivity contribution is 0.271. The van der Waals surface area contributed by atoms with Crippen LogP contribution in [0.4, 0.5) is 10.3 Å². The van der Waals surface area contributed by atoms with Crippen molar-refractivity contribution in [3.63, 3.8) is 0 Å². The summed E-state index contributed by atoms with van der Waals surface area (Å²) in [5.41, 5.74) is 2.46. The molecule has 0 saturated carbocycles. The molecule has 1 saturated heterocycles. The molecule has 0 bridgehead atoms. The standard InChI is InChI=1S/C22H31FN4O2Si/c1-22(2,3)30(4,5)29-15-16-7-6-8-19(20(16)23)17-13-24-21(25-14-17)27-11-9-18(26-28)10-12-27/h6-8,13-14,28H,9-12,15H2,1-5H3. The zero-order chi connectivity index (χ0) is 21.9. The van der Waals surface area contributed by atoms with Crippen LogP contribution >= 0.6 is 0 Å². The summed E-state index contributed by atoms with van der Waals surface area (Å²) in [6.45, 7) is 12.5. The Labute approximate surface area is 178 Å². The fraction of sp³-hybridized carbons (Fsp3) is 0.500. The second-order valence-corrected chi connectivity index (χ2v) is 14.1. The number of hydrogen-bond acceptors (Lipinski definition) is 6. The van der Waals surface area contributed by atoms with Crippen LogP contribution in [0.2, 0.25) is 18.1 Å². The zero-order valence-corrected chi connectivity index (χ0v) is 19.4. The van der Waals surface area contributed by atoms with Gasteiger partial charge in [-0.15, -0.1) is 0 Å². The summed E-state index contributed by atoms with van der Waals surface area (Å²) in [5, 5.41) is 12.2. The number of hydrogen-bond donors (Lipinski definition) is 1. The smallest absolute Gasteiger partial charge is 0.225 e. The van der Waals surface area contributed by atoms with Gasteiger partial charge in [-0.05, 0) is 18.1 Å². The Bertz CT molecular complexity index is 900. The van der Waals surface area contributed by atoms with Gasteiger partial charge in [0.05, 0.1) is 12.3 Å². The maximum atomic E-state index is 15.2. The van der Waals surface area contributed by atoms with Crippen molar-refractivity contribution in [2.75, 3.05) is 18.0 Å². The Morgan fingerprint density at radius 2 is 1.80 bits per heavy atom. The van der Waals surface area contributed by atoms with E-state index in [4.69, 9.17) is 9.63 Å². The first-order valence-electron chi connectivity index (χ1n) is 10.3. The van der Waals surface area contributed by atoms with Crippen molar-refractivity contribution in [1.29, 1.82) is 0 Å². The van der Waals surface area contributed by atoms with Gasteiger partial charge in [-0.2, -0.15) is 0 Å². The Morgan fingerprint density at radius 1 is 1.17 bits per heavy atom. The minimum atomic E-state index is -1.96. The van der Waals surface area contributed by atoms with Crippen LogP contribution < -0.4 is 4.90 Å². The van der Waals surface area contributed by atoms with E-state index in [1.165, 1.54) is 0 Å². The number of anilines is 1. The van der Waals surface area contributed by atoms with Gasteiger partial charge >= 0.3 is 0 Å². The number of oxime groups is 1. The van der Waals surface area contributed by atoms with Gasteiger partial charge in [0.15, 0.2) is 8.32 Å². The first kappa shape index (κ1) is 22.4. The minimum absolute atomic E-state index is 0.0724. The third kappa shape index (κ3) is 4.87. The lowest BCUT2D eigenvalue weighted by atomic mass is 10.1. The molecule has 3 rings (SSSR count). The van der Waals surface area contributed by atoms with E-state index in [-0.39, 0.29) is 17.5 Å². The molecule has 1 aromatic heterocycles. The molecule has 1 N–H and O–H groups in total. The lowest BCUT2D eigenvalue weighted by Crippen LogP contribution is -2.40. The van der Waals surface area contributed by atoms with Gasteiger partial charge in [-0.25, -0.2) is 14.4 Å². The van der Waals surface area contributed by atoms with E-state index >= 15 is 4.39 Å². The highest BCUT2D eigenvalue weighted by Gasteiger charge is 2.37. The largest absolute Gasteiger partial charge is 0.412 e. The summed E-state index contributed by atoms with van der Waals surface area (Å²) in [7, 11) is -1.96. The van der Waals surface area contributed by atoms with Crippen molar-refractivity contribution in [1.82, 2.24) is 9.97 Å². The highest BCUT2D eigenvalue weighted by molar-refractivity contribution is 6.74. The van der Waals surface area contributed by atoms with Gasteiger partial charge in [-0.1, -0.05) is 44.1 Å². The highest BCUT2D eigenvalue weighted by atomic mass is 28.4. The third-order valence-electron chi connectivity index (χ3n) is 6.19. The topological polar surface area (TPSA) is 70.8 Å². The molecular weight excluding hydrogens is 399 g/mol. The number of halogens is 1. The average molecular weight is 431 g/mol. The Hall–Kier alpha value is -2.32. The summed E-state index contributed by atoms with van der Waals surface area (Å²) in [6.07, 6.45) is 4.70. The number of benzene rings is 1. The quantitative estimate of drug-likeness (QED) is 0.399. The van der Waals surface area contributed by atoms with Crippen molar-refractivity contribution in [2.24, 2.45) is 5.16 Å². The van der Waals surface area contributed by atoms with E-state index in [1.54, 1.807) is 24.5 Å². The van der Waals surface area contributed by atoms with Gasteiger partial charge in [-0.3, -0.25) is 0 Å². The molecule has 0 radical (unpaired) electrons. The van der Waals surface area contributed by atoms with Crippen LogP contribution in [0.5, 0.6) is 0 Å². The average Bonchev–Trinajstić information content (AvgIpc) is 2.72. The lowest BCUT2D eigenvalue weighted by Gasteiger charge is -2.36. The van der Waals surface area contributed by atoms with Crippen LogP contribution in [-0.4, -0.2) is 42.3 Å². The fourth-order valence-electron chi connectivity index (χ4n) is 3.08. The number of piperidine rings is 1. The van der Waals surface area contributed by atoms with Crippen LogP contribution in [0.25, 0.3) is 11.1 Å². The number of rotatable bonds is 5. The van der Waals surface area contributed by atoms with E-state index in [9.17, 15) is 0 Å². The van der Waals surface area contributed by atoms with Crippen LogP contribution in [0, 0.1) is 5.82 Å². The zero-order valence-electron chi connectivity index (χ0n) is 18.4. The first-order valence-corrected chi connectivity index (χ1v) is 13.2. The molecule has 0 unspecified atom stereocenters. The number of aromatic nitrogens is 2. The Balaban J connectivity index is 1.74. The molecule has 0 spiro atoms. The fourth-order valence-corrected chi connectivity index (χ4v) is 4.03. The SMILES string of the molecule is CC(C)(C)[Si](C)(C)OCc1cccc(-c2cnc(N3CCC(=NO)CC3)nc2)c1F. The Morgan fingerprint density at radius 3 is 2.37 bits per heavy atom. The molecule has 2 heterocycles. The van der Waals surface area contributed by atoms with Crippen LogP contribution in [-0.2, 0) is 11.0 Å². The maximum absolute atomic E-state index is 15.2. The molecule has 0 atom stereocenters. The van der Waals surface area contributed by atoms with Crippen molar-refractivity contribution >= 4 is 20.0 Å². The highest BCUT2D eigenvalue weighted by Crippen LogP contribution is 2.37. The number of nitrogens with zero attached hydrogens (tertiary/aromatic N) is 4. The minimum Gasteiger partial charge on any atom is -0.412 e. The first-order chi connectivity index (χ1) is 14.1. The van der Waals surface area contributed by atoms with Gasteiger partial charge < -0.3 is 14.5 Å². The van der Waals surface area contributed by atoms with Gasteiger partial charge in [0.1, 0.15) is 5.82 Å². The molecule has 2 aromatic rings. The molecule has 1 aromatic carbocycles. The van der Waals surface area contributed by atoms with Gasteiger partial charge in [0.2, 0.25) is 5.95 Å². The maximum Gasteiger partial charge on any atom is 0.225 e. The molecular formula is C22H31FN4O2Si. The predicted octanol–water partition coefficient (Wildman–Crippen LogP) is 5.23. The monoisotopic (exact) mass is 430 g/mol. The van der Waals surface area contributed by atoms with E-state index in [0.717, 1.165) is 5.71 Å². The van der Waals surface area contributed by atoms with Crippen LogP contribution in [0.1, 0.15) is 39.2 Å².